The fourth-order valence-electron chi connectivity index (χ4n) is 5.59. The molecule has 1 amide bonds. The van der Waals surface area contributed by atoms with Crippen LogP contribution in [0.5, 0.6) is 17.2 Å². The number of carbonyl (C=O) groups excluding carboxylic acids is 1. The lowest BCUT2D eigenvalue weighted by atomic mass is 9.94. The quantitative estimate of drug-likeness (QED) is 0.270. The first-order chi connectivity index (χ1) is 21.3. The molecular formula is C35H31N3O5S. The number of aryl methyl sites for hydroxylation is 1. The highest BCUT2D eigenvalue weighted by atomic mass is 32.1. The number of fused-ring (bicyclic) bond motifs is 2. The van der Waals surface area contributed by atoms with Gasteiger partial charge in [0.15, 0.2) is 16.3 Å². The Hall–Kier alpha value is -5.15. The van der Waals surface area contributed by atoms with E-state index in [-0.39, 0.29) is 11.5 Å². The van der Waals surface area contributed by atoms with Crippen LogP contribution in [-0.2, 0) is 4.79 Å². The number of methoxy groups -OCH3 is 3. The van der Waals surface area contributed by atoms with Gasteiger partial charge in [-0.1, -0.05) is 65.9 Å². The SMILES string of the molecule is COc1ccc([C@@H]2C(C(=O)Nc3ccccc3C)=C(C)N=c3s/c(=C/c4c(OC)ccc5ccccc45)c(=O)n32)cc1OC. The molecule has 0 bridgehead atoms. The second-order valence-corrected chi connectivity index (χ2v) is 11.4. The van der Waals surface area contributed by atoms with Crippen LogP contribution in [0.4, 0.5) is 5.69 Å². The summed E-state index contributed by atoms with van der Waals surface area (Å²) in [6, 6.07) is 24.1. The molecule has 0 saturated carbocycles. The largest absolute Gasteiger partial charge is 0.496 e. The number of allylic oxidation sites excluding steroid dienone is 1. The molecule has 1 aliphatic heterocycles. The topological polar surface area (TPSA) is 91.2 Å². The molecular weight excluding hydrogens is 574 g/mol. The molecule has 0 spiro atoms. The summed E-state index contributed by atoms with van der Waals surface area (Å²) in [4.78, 5) is 33.6. The van der Waals surface area contributed by atoms with E-state index < -0.39 is 6.04 Å². The second kappa shape index (κ2) is 11.9. The number of amides is 1. The van der Waals surface area contributed by atoms with Crippen LogP contribution >= 0.6 is 11.3 Å². The first-order valence-corrected chi connectivity index (χ1v) is 14.8. The van der Waals surface area contributed by atoms with Gasteiger partial charge in [-0.15, -0.1) is 0 Å². The van der Waals surface area contributed by atoms with Crippen LogP contribution < -0.4 is 34.4 Å². The second-order valence-electron chi connectivity index (χ2n) is 10.4. The number of aromatic nitrogens is 1. The highest BCUT2D eigenvalue weighted by molar-refractivity contribution is 7.07. The number of para-hydroxylation sites is 1. The number of ether oxygens (including phenoxy) is 3. The molecule has 0 unspecified atom stereocenters. The summed E-state index contributed by atoms with van der Waals surface area (Å²) in [5, 5.41) is 5.04. The Bertz CT molecular complexity index is 2140. The minimum atomic E-state index is -0.772. The number of hydrogen-bond acceptors (Lipinski definition) is 7. The standard InChI is InChI=1S/C35H31N3O5S/c1-20-10-6-9-13-26(20)37-33(39)31-21(2)36-35-38(32(31)23-15-17-28(42-4)29(18-23)43-5)34(40)30(44-35)19-25-24-12-8-7-11-22(24)14-16-27(25)41-3/h6-19,32H,1-5H3,(H,37,39)/b30-19+/t32-/m1/s1. The lowest BCUT2D eigenvalue weighted by Crippen LogP contribution is -2.40. The first-order valence-electron chi connectivity index (χ1n) is 14.0. The van der Waals surface area contributed by atoms with Gasteiger partial charge in [0.05, 0.1) is 43.2 Å². The van der Waals surface area contributed by atoms with Gasteiger partial charge < -0.3 is 19.5 Å². The van der Waals surface area contributed by atoms with E-state index in [1.165, 1.54) is 11.3 Å². The van der Waals surface area contributed by atoms with Gasteiger partial charge in [-0.25, -0.2) is 4.99 Å². The van der Waals surface area contributed by atoms with Crippen molar-refractivity contribution in [2.24, 2.45) is 4.99 Å². The van der Waals surface area contributed by atoms with Crippen molar-refractivity contribution in [1.82, 2.24) is 4.57 Å². The normalized spacial score (nSPS) is 14.7. The van der Waals surface area contributed by atoms with Gasteiger partial charge in [0.2, 0.25) is 0 Å². The molecule has 1 aromatic heterocycles. The van der Waals surface area contributed by atoms with Gasteiger partial charge in [0, 0.05) is 11.3 Å². The van der Waals surface area contributed by atoms with Crippen molar-refractivity contribution >= 4 is 39.8 Å². The Morgan fingerprint density at radius 3 is 2.34 bits per heavy atom. The third-order valence-electron chi connectivity index (χ3n) is 7.81. The zero-order chi connectivity index (χ0) is 31.0. The van der Waals surface area contributed by atoms with Gasteiger partial charge >= 0.3 is 0 Å². The van der Waals surface area contributed by atoms with Gasteiger partial charge in [0.25, 0.3) is 11.5 Å². The van der Waals surface area contributed by atoms with Crippen LogP contribution in [0.25, 0.3) is 16.8 Å². The molecule has 6 rings (SSSR count). The Morgan fingerprint density at radius 1 is 0.886 bits per heavy atom. The fraction of sp³-hybridized carbons (Fsp3) is 0.171. The minimum Gasteiger partial charge on any atom is -0.496 e. The smallest absolute Gasteiger partial charge is 0.271 e. The van der Waals surface area contributed by atoms with Crippen LogP contribution in [0.15, 0.2) is 99.9 Å². The van der Waals surface area contributed by atoms with E-state index in [4.69, 9.17) is 19.2 Å². The number of nitrogens with zero attached hydrogens (tertiary/aromatic N) is 2. The first kappa shape index (κ1) is 28.9. The van der Waals surface area contributed by atoms with E-state index >= 15 is 0 Å². The summed E-state index contributed by atoms with van der Waals surface area (Å²) in [5.41, 5.74) is 3.70. The van der Waals surface area contributed by atoms with Gasteiger partial charge in [-0.3, -0.25) is 14.2 Å². The number of benzene rings is 4. The number of hydrogen-bond donors (Lipinski definition) is 1. The Balaban J connectivity index is 1.58. The molecule has 5 aromatic rings. The summed E-state index contributed by atoms with van der Waals surface area (Å²) >= 11 is 1.28. The molecule has 1 N–H and O–H groups in total. The highest BCUT2D eigenvalue weighted by Crippen LogP contribution is 2.36. The van der Waals surface area contributed by atoms with Crippen molar-refractivity contribution in [3.8, 4) is 17.2 Å². The van der Waals surface area contributed by atoms with Crippen LogP contribution in [-0.4, -0.2) is 31.8 Å². The summed E-state index contributed by atoms with van der Waals surface area (Å²) in [5.74, 6) is 1.34. The molecule has 0 radical (unpaired) electrons. The van der Waals surface area contributed by atoms with Gasteiger partial charge in [0.1, 0.15) is 5.75 Å². The maximum Gasteiger partial charge on any atom is 0.271 e. The van der Waals surface area contributed by atoms with Crippen molar-refractivity contribution in [3.63, 3.8) is 0 Å². The molecule has 0 saturated heterocycles. The molecule has 222 valence electrons. The van der Waals surface area contributed by atoms with Crippen molar-refractivity contribution in [3.05, 3.63) is 127 Å². The predicted molar refractivity (Wildman–Crippen MR) is 174 cm³/mol. The molecule has 9 heteroatoms. The zero-order valence-corrected chi connectivity index (χ0v) is 25.8. The fourth-order valence-corrected chi connectivity index (χ4v) is 6.61. The zero-order valence-electron chi connectivity index (χ0n) is 25.0. The van der Waals surface area contributed by atoms with E-state index in [2.05, 4.69) is 5.32 Å². The third kappa shape index (κ3) is 5.05. The average Bonchev–Trinajstić information content (AvgIpc) is 3.34. The molecule has 1 aliphatic rings. The van der Waals surface area contributed by atoms with Crippen LogP contribution in [0.2, 0.25) is 0 Å². The summed E-state index contributed by atoms with van der Waals surface area (Å²) < 4.78 is 18.8. The minimum absolute atomic E-state index is 0.266. The molecule has 1 atom stereocenters. The Kier molecular flexibility index (Phi) is 7.80. The van der Waals surface area contributed by atoms with E-state index in [0.29, 0.717) is 49.1 Å². The Morgan fingerprint density at radius 2 is 1.59 bits per heavy atom. The molecule has 2 heterocycles. The van der Waals surface area contributed by atoms with Crippen LogP contribution in [0.3, 0.4) is 0 Å². The Labute approximate surface area is 258 Å². The van der Waals surface area contributed by atoms with Crippen molar-refractivity contribution in [2.75, 3.05) is 26.6 Å². The van der Waals surface area contributed by atoms with Crippen LogP contribution in [0, 0.1) is 6.92 Å². The lowest BCUT2D eigenvalue weighted by Gasteiger charge is -2.26. The molecule has 4 aromatic carbocycles. The number of rotatable bonds is 7. The number of thiazole rings is 1. The van der Waals surface area contributed by atoms with E-state index in [1.54, 1.807) is 45.0 Å². The molecule has 8 nitrogen and oxygen atoms in total. The van der Waals surface area contributed by atoms with Crippen LogP contribution in [0.1, 0.15) is 29.7 Å². The highest BCUT2D eigenvalue weighted by Gasteiger charge is 2.33. The van der Waals surface area contributed by atoms with E-state index in [0.717, 1.165) is 21.9 Å². The van der Waals surface area contributed by atoms with Crippen molar-refractivity contribution in [1.29, 1.82) is 0 Å². The molecule has 0 aliphatic carbocycles. The van der Waals surface area contributed by atoms with Crippen molar-refractivity contribution in [2.45, 2.75) is 19.9 Å². The van der Waals surface area contributed by atoms with Crippen molar-refractivity contribution < 1.29 is 19.0 Å². The van der Waals surface area contributed by atoms with E-state index in [9.17, 15) is 9.59 Å². The summed E-state index contributed by atoms with van der Waals surface area (Å²) in [6.07, 6.45) is 1.85. The summed E-state index contributed by atoms with van der Waals surface area (Å²) in [6.45, 7) is 3.73. The maximum absolute atomic E-state index is 14.3. The third-order valence-corrected chi connectivity index (χ3v) is 8.79. The number of nitrogens with one attached hydrogen (secondary N) is 1. The monoisotopic (exact) mass is 605 g/mol. The van der Waals surface area contributed by atoms with E-state index in [1.807, 2.05) is 79.7 Å². The van der Waals surface area contributed by atoms with Gasteiger partial charge in [-0.05, 0) is 66.1 Å². The molecule has 44 heavy (non-hydrogen) atoms. The maximum atomic E-state index is 14.3. The number of anilines is 1. The summed E-state index contributed by atoms with van der Waals surface area (Å²) in [7, 11) is 4.73. The van der Waals surface area contributed by atoms with Gasteiger partial charge in [-0.2, -0.15) is 0 Å². The predicted octanol–water partition coefficient (Wildman–Crippen LogP) is 5.36. The number of carbonyl (C=O) groups is 1. The lowest BCUT2D eigenvalue weighted by molar-refractivity contribution is -0.113. The molecule has 0 fully saturated rings. The average molecular weight is 606 g/mol.